The summed E-state index contributed by atoms with van der Waals surface area (Å²) in [6.45, 7) is 6.51. The lowest BCUT2D eigenvalue weighted by Crippen LogP contribution is -2.61. The minimum atomic E-state index is -0.876. The van der Waals surface area contributed by atoms with Crippen LogP contribution in [0.4, 0.5) is 4.79 Å². The van der Waals surface area contributed by atoms with Crippen LogP contribution in [-0.4, -0.2) is 30.7 Å². The van der Waals surface area contributed by atoms with Crippen molar-refractivity contribution in [3.05, 3.63) is 0 Å². The van der Waals surface area contributed by atoms with Gasteiger partial charge in [-0.05, 0) is 80.5 Å². The SMILES string of the molecule is CCOC(=O)OC(=O)[C@@H]1CC[C@H]2[C@@H]3CC[C@H]4NC(=O)CC[C@]4(C)[C@H]3CC[C@]12C. The van der Waals surface area contributed by atoms with E-state index in [-0.39, 0.29) is 29.3 Å². The molecule has 6 nitrogen and oxygen atoms in total. The third-order valence-electron chi connectivity index (χ3n) is 8.83. The van der Waals surface area contributed by atoms with Crippen LogP contribution in [-0.2, 0) is 19.1 Å². The number of piperidine rings is 1. The van der Waals surface area contributed by atoms with Crippen molar-refractivity contribution in [2.75, 3.05) is 6.61 Å². The zero-order valence-electron chi connectivity index (χ0n) is 17.3. The average Bonchev–Trinajstić information content (AvgIpc) is 3.00. The molecule has 6 heteroatoms. The summed E-state index contributed by atoms with van der Waals surface area (Å²) in [7, 11) is 0. The minimum Gasteiger partial charge on any atom is -0.434 e. The molecule has 1 N–H and O–H groups in total. The fourth-order valence-corrected chi connectivity index (χ4v) is 7.39. The molecular weight excluding hydrogens is 358 g/mol. The second-order valence-corrected chi connectivity index (χ2v) is 9.86. The van der Waals surface area contributed by atoms with Crippen molar-refractivity contribution >= 4 is 18.0 Å². The van der Waals surface area contributed by atoms with E-state index in [1.807, 2.05) is 0 Å². The smallest absolute Gasteiger partial charge is 0.434 e. The summed E-state index contributed by atoms with van der Waals surface area (Å²) >= 11 is 0. The monoisotopic (exact) mass is 391 g/mol. The van der Waals surface area contributed by atoms with Crippen molar-refractivity contribution in [3.8, 4) is 0 Å². The lowest BCUT2D eigenvalue weighted by molar-refractivity contribution is -0.154. The summed E-state index contributed by atoms with van der Waals surface area (Å²) in [6, 6.07) is 0.297. The van der Waals surface area contributed by atoms with Gasteiger partial charge in [0.15, 0.2) is 0 Å². The summed E-state index contributed by atoms with van der Waals surface area (Å²) in [6.07, 6.45) is 6.77. The number of carbonyl (C=O) groups excluding carboxylic acids is 3. The molecule has 1 amide bonds. The topological polar surface area (TPSA) is 81.7 Å². The van der Waals surface area contributed by atoms with Gasteiger partial charge in [0.05, 0.1) is 12.5 Å². The summed E-state index contributed by atoms with van der Waals surface area (Å²) in [4.78, 5) is 36.2. The van der Waals surface area contributed by atoms with Gasteiger partial charge >= 0.3 is 12.1 Å². The Morgan fingerprint density at radius 1 is 1.04 bits per heavy atom. The van der Waals surface area contributed by atoms with Gasteiger partial charge in [0.1, 0.15) is 0 Å². The fourth-order valence-electron chi connectivity index (χ4n) is 7.39. The van der Waals surface area contributed by atoms with Crippen LogP contribution in [0.25, 0.3) is 0 Å². The molecule has 156 valence electrons. The van der Waals surface area contributed by atoms with E-state index in [4.69, 9.17) is 9.47 Å². The molecule has 0 spiro atoms. The lowest BCUT2D eigenvalue weighted by Gasteiger charge is -2.60. The number of fused-ring (bicyclic) bond motifs is 5. The van der Waals surface area contributed by atoms with Crippen LogP contribution in [0.5, 0.6) is 0 Å². The highest BCUT2D eigenvalue weighted by atomic mass is 16.7. The summed E-state index contributed by atoms with van der Waals surface area (Å²) < 4.78 is 9.79. The molecule has 0 radical (unpaired) electrons. The molecule has 7 atom stereocenters. The van der Waals surface area contributed by atoms with E-state index in [9.17, 15) is 14.4 Å². The van der Waals surface area contributed by atoms with Gasteiger partial charge < -0.3 is 14.8 Å². The molecular formula is C22H33NO5. The Hall–Kier alpha value is -1.59. The summed E-state index contributed by atoms with van der Waals surface area (Å²) in [5.41, 5.74) is 0.0630. The second-order valence-electron chi connectivity index (χ2n) is 9.86. The first-order valence-electron chi connectivity index (χ1n) is 11.0. The first-order chi connectivity index (χ1) is 13.3. The fraction of sp³-hybridized carbons (Fsp3) is 0.864. The number of ether oxygens (including phenoxy) is 2. The van der Waals surface area contributed by atoms with Crippen molar-refractivity contribution in [1.29, 1.82) is 0 Å². The number of hydrogen-bond donors (Lipinski definition) is 1. The Bertz CT molecular complexity index is 678. The van der Waals surface area contributed by atoms with E-state index in [2.05, 4.69) is 19.2 Å². The zero-order chi connectivity index (χ0) is 20.1. The van der Waals surface area contributed by atoms with Gasteiger partial charge in [0.25, 0.3) is 0 Å². The highest BCUT2D eigenvalue weighted by Gasteiger charge is 2.61. The standard InChI is InChI=1S/C22H33NO5/c1-4-27-20(26)28-19(25)16-7-6-14-13-5-8-17-22(3,12-10-18(24)23-17)15(13)9-11-21(14,16)2/h13-17H,4-12H2,1-3H3,(H,23,24)/t13-,14-,15-,16-,17+,21-,22+/m0/s1. The van der Waals surface area contributed by atoms with Gasteiger partial charge in [-0.1, -0.05) is 13.8 Å². The van der Waals surface area contributed by atoms with E-state index in [0.717, 1.165) is 44.9 Å². The second kappa shape index (κ2) is 7.03. The van der Waals surface area contributed by atoms with E-state index in [1.165, 1.54) is 0 Å². The molecule has 0 aromatic heterocycles. The van der Waals surface area contributed by atoms with Crippen molar-refractivity contribution in [2.24, 2.45) is 34.5 Å². The Morgan fingerprint density at radius 2 is 1.79 bits per heavy atom. The van der Waals surface area contributed by atoms with E-state index < -0.39 is 12.1 Å². The number of esters is 1. The van der Waals surface area contributed by atoms with Crippen molar-refractivity contribution in [1.82, 2.24) is 5.32 Å². The summed E-state index contributed by atoms with van der Waals surface area (Å²) in [5, 5.41) is 3.26. The van der Waals surface area contributed by atoms with Gasteiger partial charge in [-0.25, -0.2) is 4.79 Å². The van der Waals surface area contributed by atoms with Crippen molar-refractivity contribution < 1.29 is 23.9 Å². The zero-order valence-corrected chi connectivity index (χ0v) is 17.3. The molecule has 4 aliphatic rings. The van der Waals surface area contributed by atoms with Gasteiger partial charge in [0.2, 0.25) is 5.91 Å². The Balaban J connectivity index is 1.51. The molecule has 0 bridgehead atoms. The normalized spacial score (nSPS) is 44.5. The summed E-state index contributed by atoms with van der Waals surface area (Å²) in [5.74, 6) is 1.25. The highest BCUT2D eigenvalue weighted by molar-refractivity contribution is 5.84. The number of carbonyl (C=O) groups is 3. The van der Waals surface area contributed by atoms with Crippen LogP contribution >= 0.6 is 0 Å². The van der Waals surface area contributed by atoms with E-state index in [0.29, 0.717) is 30.2 Å². The predicted octanol–water partition coefficient (Wildman–Crippen LogP) is 3.82. The number of rotatable bonds is 2. The van der Waals surface area contributed by atoms with Crippen molar-refractivity contribution in [3.63, 3.8) is 0 Å². The lowest BCUT2D eigenvalue weighted by atomic mass is 9.47. The molecule has 3 aliphatic carbocycles. The Labute approximate surface area is 167 Å². The molecule has 0 aromatic rings. The van der Waals surface area contributed by atoms with Crippen LogP contribution in [0.2, 0.25) is 0 Å². The molecule has 1 saturated heterocycles. The number of hydrogen-bond acceptors (Lipinski definition) is 5. The molecule has 4 fully saturated rings. The van der Waals surface area contributed by atoms with Crippen LogP contribution in [0.15, 0.2) is 0 Å². The Morgan fingerprint density at radius 3 is 2.54 bits per heavy atom. The van der Waals surface area contributed by atoms with E-state index in [1.54, 1.807) is 6.92 Å². The maximum atomic E-state index is 12.7. The molecule has 0 aromatic carbocycles. The largest absolute Gasteiger partial charge is 0.516 e. The van der Waals surface area contributed by atoms with Crippen LogP contribution < -0.4 is 5.32 Å². The van der Waals surface area contributed by atoms with E-state index >= 15 is 0 Å². The third-order valence-corrected chi connectivity index (χ3v) is 8.83. The van der Waals surface area contributed by atoms with Gasteiger partial charge in [-0.3, -0.25) is 9.59 Å². The van der Waals surface area contributed by atoms with Crippen molar-refractivity contribution in [2.45, 2.75) is 78.2 Å². The molecule has 28 heavy (non-hydrogen) atoms. The van der Waals surface area contributed by atoms with Crippen LogP contribution in [0.3, 0.4) is 0 Å². The maximum absolute atomic E-state index is 12.7. The highest BCUT2D eigenvalue weighted by Crippen LogP contribution is 2.65. The first kappa shape index (κ1) is 19.7. The molecule has 0 unspecified atom stereocenters. The average molecular weight is 392 g/mol. The molecule has 1 heterocycles. The molecule has 1 aliphatic heterocycles. The number of amides is 1. The van der Waals surface area contributed by atoms with Gasteiger partial charge in [-0.2, -0.15) is 0 Å². The maximum Gasteiger partial charge on any atom is 0.516 e. The third kappa shape index (κ3) is 2.94. The van der Waals surface area contributed by atoms with Crippen LogP contribution in [0, 0.1) is 34.5 Å². The molecule has 3 saturated carbocycles. The first-order valence-corrected chi connectivity index (χ1v) is 11.0. The molecule has 4 rings (SSSR count). The van der Waals surface area contributed by atoms with Crippen LogP contribution in [0.1, 0.15) is 72.1 Å². The Kier molecular flexibility index (Phi) is 4.95. The predicted molar refractivity (Wildman–Crippen MR) is 102 cm³/mol. The minimum absolute atomic E-state index is 0.105. The number of nitrogens with one attached hydrogen (secondary N) is 1. The van der Waals surface area contributed by atoms with Gasteiger partial charge in [-0.15, -0.1) is 0 Å². The quantitative estimate of drug-likeness (QED) is 0.572. The van der Waals surface area contributed by atoms with Gasteiger partial charge in [0, 0.05) is 12.5 Å².